The second-order valence-corrected chi connectivity index (χ2v) is 7.25. The minimum atomic E-state index is -0.119. The van der Waals surface area contributed by atoms with Gasteiger partial charge in [-0.1, -0.05) is 78.9 Å². The number of ether oxygens (including phenoxy) is 1. The number of halogens is 1. The van der Waals surface area contributed by atoms with Crippen LogP contribution in [0.25, 0.3) is 5.57 Å². The number of nitrogens with zero attached hydrogens (tertiary/aromatic N) is 1. The van der Waals surface area contributed by atoms with Crippen LogP contribution in [0.1, 0.15) is 29.7 Å². The standard InChI is InChI=1S/C26H26ClNO2/c1-20(21-13-15-24(30-2)16-14-21)28(26(29)19-27)18-17-25(22-9-5-3-6-10-22)23-11-7-4-8-12-23/h3-17,20H,18-19H2,1-2H3/t20-/m1/s1. The SMILES string of the molecule is COc1ccc([C@@H](C)N(CC=C(c2ccccc2)c2ccccc2)C(=O)CCl)cc1. The van der Waals surface area contributed by atoms with Crippen molar-refractivity contribution in [1.29, 1.82) is 0 Å². The lowest BCUT2D eigenvalue weighted by Gasteiger charge is -2.28. The maximum absolute atomic E-state index is 12.7. The monoisotopic (exact) mass is 419 g/mol. The molecule has 3 nitrogen and oxygen atoms in total. The summed E-state index contributed by atoms with van der Waals surface area (Å²) in [5, 5.41) is 0. The Hall–Kier alpha value is -3.04. The third-order valence-corrected chi connectivity index (χ3v) is 5.39. The van der Waals surface area contributed by atoms with Crippen LogP contribution < -0.4 is 4.74 Å². The van der Waals surface area contributed by atoms with E-state index in [0.29, 0.717) is 6.54 Å². The average molecular weight is 420 g/mol. The largest absolute Gasteiger partial charge is 0.497 e. The van der Waals surface area contributed by atoms with Crippen LogP contribution in [0.15, 0.2) is 91.0 Å². The highest BCUT2D eigenvalue weighted by molar-refractivity contribution is 6.27. The molecule has 0 aliphatic carbocycles. The van der Waals surface area contributed by atoms with Crippen LogP contribution in [0.4, 0.5) is 0 Å². The van der Waals surface area contributed by atoms with Gasteiger partial charge in [0.25, 0.3) is 0 Å². The zero-order valence-electron chi connectivity index (χ0n) is 17.3. The first-order valence-corrected chi connectivity index (χ1v) is 10.5. The fraction of sp³-hybridized carbons (Fsp3) is 0.192. The van der Waals surface area contributed by atoms with Crippen LogP contribution in [0, 0.1) is 0 Å². The maximum atomic E-state index is 12.7. The third-order valence-electron chi connectivity index (χ3n) is 5.16. The van der Waals surface area contributed by atoms with E-state index >= 15 is 0 Å². The Labute approximate surface area is 183 Å². The molecule has 0 saturated heterocycles. The smallest absolute Gasteiger partial charge is 0.238 e. The molecule has 0 heterocycles. The minimum absolute atomic E-state index is 0.0552. The van der Waals surface area contributed by atoms with Gasteiger partial charge in [0.1, 0.15) is 11.6 Å². The van der Waals surface area contributed by atoms with Gasteiger partial charge in [0.05, 0.1) is 13.2 Å². The average Bonchev–Trinajstić information content (AvgIpc) is 2.82. The van der Waals surface area contributed by atoms with Gasteiger partial charge in [0.2, 0.25) is 5.91 Å². The van der Waals surface area contributed by atoms with Crippen molar-refractivity contribution in [2.45, 2.75) is 13.0 Å². The van der Waals surface area contributed by atoms with Crippen molar-refractivity contribution in [3.05, 3.63) is 108 Å². The Balaban J connectivity index is 1.93. The summed E-state index contributed by atoms with van der Waals surface area (Å²) in [4.78, 5) is 14.5. The highest BCUT2D eigenvalue weighted by atomic mass is 35.5. The summed E-state index contributed by atoms with van der Waals surface area (Å²) in [5.41, 5.74) is 4.34. The van der Waals surface area contributed by atoms with Gasteiger partial charge in [-0.15, -0.1) is 11.6 Å². The molecule has 3 aromatic rings. The summed E-state index contributed by atoms with van der Waals surface area (Å²) in [5.74, 6) is 0.633. The molecule has 0 unspecified atom stereocenters. The van der Waals surface area contributed by atoms with E-state index in [1.807, 2.05) is 67.6 Å². The Morgan fingerprint density at radius 1 is 0.933 bits per heavy atom. The number of carbonyl (C=O) groups is 1. The second-order valence-electron chi connectivity index (χ2n) is 6.98. The van der Waals surface area contributed by atoms with E-state index in [9.17, 15) is 4.79 Å². The molecule has 0 bridgehead atoms. The maximum Gasteiger partial charge on any atom is 0.238 e. The molecule has 0 spiro atoms. The fourth-order valence-electron chi connectivity index (χ4n) is 3.44. The van der Waals surface area contributed by atoms with E-state index in [-0.39, 0.29) is 17.8 Å². The first-order valence-electron chi connectivity index (χ1n) is 9.94. The lowest BCUT2D eigenvalue weighted by atomic mass is 9.97. The number of benzene rings is 3. The highest BCUT2D eigenvalue weighted by Crippen LogP contribution is 2.26. The van der Waals surface area contributed by atoms with Gasteiger partial charge >= 0.3 is 0 Å². The van der Waals surface area contributed by atoms with Crippen molar-refractivity contribution < 1.29 is 9.53 Å². The normalized spacial score (nSPS) is 11.4. The number of rotatable bonds is 8. The van der Waals surface area contributed by atoms with Crippen LogP contribution >= 0.6 is 11.6 Å². The van der Waals surface area contributed by atoms with Gasteiger partial charge in [0, 0.05) is 6.54 Å². The van der Waals surface area contributed by atoms with E-state index in [0.717, 1.165) is 28.0 Å². The van der Waals surface area contributed by atoms with Crippen molar-refractivity contribution in [2.24, 2.45) is 0 Å². The zero-order valence-corrected chi connectivity index (χ0v) is 18.0. The molecule has 1 amide bonds. The Morgan fingerprint density at radius 2 is 1.47 bits per heavy atom. The van der Waals surface area contributed by atoms with Crippen LogP contribution in [-0.4, -0.2) is 30.3 Å². The van der Waals surface area contributed by atoms with E-state index in [2.05, 4.69) is 30.3 Å². The molecular weight excluding hydrogens is 394 g/mol. The summed E-state index contributed by atoms with van der Waals surface area (Å²) < 4.78 is 5.24. The van der Waals surface area contributed by atoms with Crippen molar-refractivity contribution in [3.63, 3.8) is 0 Å². The molecule has 3 rings (SSSR count). The molecule has 0 N–H and O–H groups in total. The molecule has 0 fully saturated rings. The van der Waals surface area contributed by atoms with Crippen LogP contribution in [0.5, 0.6) is 5.75 Å². The highest BCUT2D eigenvalue weighted by Gasteiger charge is 2.20. The Bertz CT molecular complexity index is 927. The van der Waals surface area contributed by atoms with Gasteiger partial charge < -0.3 is 9.64 Å². The summed E-state index contributed by atoms with van der Waals surface area (Å²) in [6.45, 7) is 2.47. The molecule has 0 radical (unpaired) electrons. The molecule has 0 aliphatic rings. The van der Waals surface area contributed by atoms with E-state index in [1.54, 1.807) is 12.0 Å². The minimum Gasteiger partial charge on any atom is -0.497 e. The molecule has 154 valence electrons. The van der Waals surface area contributed by atoms with Gasteiger partial charge in [-0.25, -0.2) is 0 Å². The Kier molecular flexibility index (Phi) is 7.69. The summed E-state index contributed by atoms with van der Waals surface area (Å²) >= 11 is 5.94. The lowest BCUT2D eigenvalue weighted by molar-refractivity contribution is -0.130. The van der Waals surface area contributed by atoms with Crippen LogP contribution in [0.2, 0.25) is 0 Å². The number of hydrogen-bond donors (Lipinski definition) is 0. The molecule has 1 atom stereocenters. The van der Waals surface area contributed by atoms with Gasteiger partial charge in [-0.05, 0) is 41.3 Å². The molecule has 0 aliphatic heterocycles. The van der Waals surface area contributed by atoms with Crippen LogP contribution in [-0.2, 0) is 4.79 Å². The number of methoxy groups -OCH3 is 1. The zero-order chi connectivity index (χ0) is 21.3. The number of carbonyl (C=O) groups excluding carboxylic acids is 1. The van der Waals surface area contributed by atoms with Gasteiger partial charge in [-0.2, -0.15) is 0 Å². The Morgan fingerprint density at radius 3 is 1.93 bits per heavy atom. The van der Waals surface area contributed by atoms with E-state index in [4.69, 9.17) is 16.3 Å². The molecular formula is C26H26ClNO2. The second kappa shape index (κ2) is 10.7. The molecule has 4 heteroatoms. The quantitative estimate of drug-likeness (QED) is 0.422. The van der Waals surface area contributed by atoms with Crippen molar-refractivity contribution in [2.75, 3.05) is 19.5 Å². The fourth-order valence-corrected chi connectivity index (χ4v) is 3.60. The van der Waals surface area contributed by atoms with Gasteiger partial charge in [0.15, 0.2) is 0 Å². The van der Waals surface area contributed by atoms with E-state index in [1.165, 1.54) is 0 Å². The number of alkyl halides is 1. The molecule has 0 saturated carbocycles. The molecule has 0 aromatic heterocycles. The van der Waals surface area contributed by atoms with Crippen molar-refractivity contribution in [3.8, 4) is 5.75 Å². The van der Waals surface area contributed by atoms with Crippen molar-refractivity contribution >= 4 is 23.1 Å². The summed E-state index contributed by atoms with van der Waals surface area (Å²) in [6.07, 6.45) is 2.11. The first kappa shape index (κ1) is 21.7. The number of amides is 1. The number of hydrogen-bond acceptors (Lipinski definition) is 2. The third kappa shape index (κ3) is 5.31. The summed E-state index contributed by atoms with van der Waals surface area (Å²) in [6, 6.07) is 28.1. The van der Waals surface area contributed by atoms with Gasteiger partial charge in [-0.3, -0.25) is 4.79 Å². The summed E-state index contributed by atoms with van der Waals surface area (Å²) in [7, 11) is 1.64. The predicted octanol–water partition coefficient (Wildman–Crippen LogP) is 5.96. The topological polar surface area (TPSA) is 29.5 Å². The van der Waals surface area contributed by atoms with Crippen molar-refractivity contribution in [1.82, 2.24) is 4.90 Å². The predicted molar refractivity (Wildman–Crippen MR) is 124 cm³/mol. The first-order chi connectivity index (χ1) is 14.6. The van der Waals surface area contributed by atoms with Crippen LogP contribution in [0.3, 0.4) is 0 Å². The molecule has 30 heavy (non-hydrogen) atoms. The molecule has 3 aromatic carbocycles. The lowest BCUT2D eigenvalue weighted by Crippen LogP contribution is -2.34. The van der Waals surface area contributed by atoms with E-state index < -0.39 is 0 Å².